The largest absolute Gasteiger partial charge is 0.425 e. The van der Waals surface area contributed by atoms with Gasteiger partial charge in [0, 0.05) is 0 Å². The van der Waals surface area contributed by atoms with Crippen LogP contribution >= 0.6 is 23.4 Å². The van der Waals surface area contributed by atoms with Crippen molar-refractivity contribution in [2.45, 2.75) is 32.1 Å². The van der Waals surface area contributed by atoms with E-state index in [0.717, 1.165) is 43.9 Å². The molecule has 0 radical (unpaired) electrons. The van der Waals surface area contributed by atoms with Gasteiger partial charge in [-0.3, -0.25) is 19.7 Å². The molecular formula is C17H16ClNO4S. The summed E-state index contributed by atoms with van der Waals surface area (Å²) in [5, 5.41) is 2.02. The summed E-state index contributed by atoms with van der Waals surface area (Å²) in [5.41, 5.74) is 0.526. The van der Waals surface area contributed by atoms with Crippen molar-refractivity contribution in [1.29, 1.82) is 0 Å². The van der Waals surface area contributed by atoms with E-state index in [1.807, 2.05) is 0 Å². The molecule has 7 heteroatoms. The van der Waals surface area contributed by atoms with Gasteiger partial charge in [-0.2, -0.15) is 0 Å². The second-order valence-electron chi connectivity index (χ2n) is 5.77. The molecule has 1 N–H and O–H groups in total. The van der Waals surface area contributed by atoms with Crippen LogP contribution in [0.4, 0.5) is 4.79 Å². The highest BCUT2D eigenvalue weighted by atomic mass is 35.5. The highest BCUT2D eigenvalue weighted by molar-refractivity contribution is 8.18. The van der Waals surface area contributed by atoms with Crippen LogP contribution in [0.5, 0.6) is 5.75 Å². The number of carbonyl (C=O) groups excluding carboxylic acids is 3. The number of hydrogen-bond donors (Lipinski definition) is 1. The third kappa shape index (κ3) is 3.82. The summed E-state index contributed by atoms with van der Waals surface area (Å²) in [5.74, 6) is -0.517. The first-order valence-electron chi connectivity index (χ1n) is 7.79. The van der Waals surface area contributed by atoms with E-state index in [-0.39, 0.29) is 27.6 Å². The van der Waals surface area contributed by atoms with Crippen molar-refractivity contribution >= 4 is 46.6 Å². The maximum absolute atomic E-state index is 12.3. The Kier molecular flexibility index (Phi) is 5.26. The monoisotopic (exact) mass is 365 g/mol. The van der Waals surface area contributed by atoms with E-state index in [9.17, 15) is 14.4 Å². The quantitative estimate of drug-likeness (QED) is 0.495. The van der Waals surface area contributed by atoms with E-state index in [1.54, 1.807) is 18.2 Å². The van der Waals surface area contributed by atoms with Gasteiger partial charge in [0.1, 0.15) is 5.75 Å². The number of benzene rings is 1. The Hall–Kier alpha value is -1.79. The zero-order valence-electron chi connectivity index (χ0n) is 12.8. The first-order valence-corrected chi connectivity index (χ1v) is 8.99. The van der Waals surface area contributed by atoms with Gasteiger partial charge >= 0.3 is 5.97 Å². The van der Waals surface area contributed by atoms with Crippen LogP contribution in [-0.4, -0.2) is 17.1 Å². The SMILES string of the molecule is O=C1NC(=O)C(=Cc2cccc(OC(=O)C3CCCCC3)c2Cl)S1. The number of imide groups is 1. The molecule has 1 aromatic carbocycles. The van der Waals surface area contributed by atoms with Gasteiger partial charge in [0.05, 0.1) is 15.8 Å². The van der Waals surface area contributed by atoms with E-state index >= 15 is 0 Å². The van der Waals surface area contributed by atoms with E-state index in [1.165, 1.54) is 6.08 Å². The van der Waals surface area contributed by atoms with Crippen molar-refractivity contribution in [3.63, 3.8) is 0 Å². The van der Waals surface area contributed by atoms with Gasteiger partial charge in [0.15, 0.2) is 0 Å². The predicted octanol–water partition coefficient (Wildman–Crippen LogP) is 4.15. The van der Waals surface area contributed by atoms with Crippen LogP contribution in [0.25, 0.3) is 6.08 Å². The number of halogens is 1. The molecule has 1 saturated carbocycles. The van der Waals surface area contributed by atoms with Crippen LogP contribution in [0.2, 0.25) is 5.02 Å². The second-order valence-corrected chi connectivity index (χ2v) is 7.16. The fourth-order valence-electron chi connectivity index (χ4n) is 2.81. The topological polar surface area (TPSA) is 72.5 Å². The van der Waals surface area contributed by atoms with Gasteiger partial charge < -0.3 is 4.74 Å². The van der Waals surface area contributed by atoms with Gasteiger partial charge in [-0.25, -0.2) is 0 Å². The molecule has 1 aliphatic heterocycles. The van der Waals surface area contributed by atoms with Crippen molar-refractivity contribution in [2.75, 3.05) is 0 Å². The maximum Gasteiger partial charge on any atom is 0.314 e. The molecule has 1 heterocycles. The highest BCUT2D eigenvalue weighted by Gasteiger charge is 2.26. The summed E-state index contributed by atoms with van der Waals surface area (Å²) in [6, 6.07) is 5.02. The molecule has 3 rings (SSSR count). The van der Waals surface area contributed by atoms with Gasteiger partial charge in [-0.05, 0) is 42.3 Å². The normalized spacial score (nSPS) is 20.3. The van der Waals surface area contributed by atoms with Crippen LogP contribution in [0, 0.1) is 5.92 Å². The van der Waals surface area contributed by atoms with Crippen molar-refractivity contribution in [1.82, 2.24) is 5.32 Å². The fraction of sp³-hybridized carbons (Fsp3) is 0.353. The number of rotatable bonds is 3. The average molecular weight is 366 g/mol. The standard InChI is InChI=1S/C17H16ClNO4S/c18-14-11(9-13-15(20)19-17(22)24-13)7-4-8-12(14)23-16(21)10-5-2-1-3-6-10/h4,7-10H,1-3,5-6H2,(H,19,20,22). The zero-order chi connectivity index (χ0) is 17.1. The molecule has 2 amide bonds. The van der Waals surface area contributed by atoms with Gasteiger partial charge in [0.2, 0.25) is 0 Å². The fourth-order valence-corrected chi connectivity index (χ4v) is 3.70. The minimum atomic E-state index is -0.453. The van der Waals surface area contributed by atoms with Gasteiger partial charge in [0.25, 0.3) is 11.1 Å². The number of thioether (sulfide) groups is 1. The molecule has 1 aliphatic carbocycles. The first kappa shape index (κ1) is 17.0. The van der Waals surface area contributed by atoms with E-state index in [2.05, 4.69) is 5.32 Å². The molecule has 0 unspecified atom stereocenters. The van der Waals surface area contributed by atoms with Crippen LogP contribution in [0.3, 0.4) is 0 Å². The summed E-state index contributed by atoms with van der Waals surface area (Å²) in [6.45, 7) is 0. The molecule has 126 valence electrons. The first-order chi connectivity index (χ1) is 11.5. The minimum absolute atomic E-state index is 0.0781. The van der Waals surface area contributed by atoms with Crippen molar-refractivity contribution in [3.05, 3.63) is 33.7 Å². The minimum Gasteiger partial charge on any atom is -0.425 e. The number of hydrogen-bond acceptors (Lipinski definition) is 5. The number of amides is 2. The molecule has 0 atom stereocenters. The van der Waals surface area contributed by atoms with Crippen molar-refractivity contribution in [3.8, 4) is 5.75 Å². The highest BCUT2D eigenvalue weighted by Crippen LogP contribution is 2.34. The lowest BCUT2D eigenvalue weighted by molar-refractivity contribution is -0.140. The number of ether oxygens (including phenoxy) is 1. The molecule has 1 aromatic rings. The van der Waals surface area contributed by atoms with Crippen molar-refractivity contribution < 1.29 is 19.1 Å². The molecule has 2 aliphatic rings. The second kappa shape index (κ2) is 7.40. The van der Waals surface area contributed by atoms with Crippen molar-refractivity contribution in [2.24, 2.45) is 5.92 Å². The summed E-state index contributed by atoms with van der Waals surface area (Å²) < 4.78 is 5.46. The van der Waals surface area contributed by atoms with Crippen LogP contribution in [0.1, 0.15) is 37.7 Å². The molecule has 2 fully saturated rings. The Morgan fingerprint density at radius 1 is 1.25 bits per heavy atom. The molecule has 5 nitrogen and oxygen atoms in total. The van der Waals surface area contributed by atoms with Crippen LogP contribution in [0.15, 0.2) is 23.1 Å². The third-order valence-corrected chi connectivity index (χ3v) is 5.29. The average Bonchev–Trinajstić information content (AvgIpc) is 2.89. The summed E-state index contributed by atoms with van der Waals surface area (Å²) in [7, 11) is 0. The predicted molar refractivity (Wildman–Crippen MR) is 92.8 cm³/mol. The number of carbonyl (C=O) groups is 3. The molecular weight excluding hydrogens is 350 g/mol. The smallest absolute Gasteiger partial charge is 0.314 e. The Morgan fingerprint density at radius 3 is 2.67 bits per heavy atom. The van der Waals surface area contributed by atoms with E-state index in [4.69, 9.17) is 16.3 Å². The molecule has 1 saturated heterocycles. The molecule has 0 bridgehead atoms. The Morgan fingerprint density at radius 2 is 2.00 bits per heavy atom. The maximum atomic E-state index is 12.3. The van der Waals surface area contributed by atoms with E-state index in [0.29, 0.717) is 5.56 Å². The van der Waals surface area contributed by atoms with E-state index < -0.39 is 11.1 Å². The van der Waals surface area contributed by atoms with Gasteiger partial charge in [-0.15, -0.1) is 0 Å². The summed E-state index contributed by atoms with van der Waals surface area (Å²) in [4.78, 5) is 35.4. The zero-order valence-corrected chi connectivity index (χ0v) is 14.4. The lowest BCUT2D eigenvalue weighted by Gasteiger charge is -2.20. The molecule has 0 spiro atoms. The summed E-state index contributed by atoms with van der Waals surface area (Å²) >= 11 is 7.12. The van der Waals surface area contributed by atoms with Crippen LogP contribution in [-0.2, 0) is 9.59 Å². The number of esters is 1. The summed E-state index contributed by atoms with van der Waals surface area (Å²) in [6.07, 6.45) is 6.45. The number of nitrogens with one attached hydrogen (secondary N) is 1. The third-order valence-electron chi connectivity index (χ3n) is 4.07. The Bertz CT molecular complexity index is 725. The Balaban J connectivity index is 1.78. The van der Waals surface area contributed by atoms with Gasteiger partial charge in [-0.1, -0.05) is 43.0 Å². The molecule has 0 aromatic heterocycles. The lowest BCUT2D eigenvalue weighted by Crippen LogP contribution is -2.22. The molecule has 24 heavy (non-hydrogen) atoms. The van der Waals surface area contributed by atoms with Crippen LogP contribution < -0.4 is 10.1 Å². The Labute approximate surface area is 148 Å². The lowest BCUT2D eigenvalue weighted by atomic mass is 9.89.